The molecule has 0 bridgehead atoms. The summed E-state index contributed by atoms with van der Waals surface area (Å²) in [6.07, 6.45) is 4.53. The highest BCUT2D eigenvalue weighted by Crippen LogP contribution is 2.13. The molecule has 0 radical (unpaired) electrons. The van der Waals surface area contributed by atoms with E-state index in [1.165, 1.54) is 12.1 Å². The number of hydrogen-bond donors (Lipinski definition) is 2. The molecule has 0 aliphatic heterocycles. The van der Waals surface area contributed by atoms with Crippen molar-refractivity contribution in [2.75, 3.05) is 6.54 Å². The molecular weight excluding hydrogens is 181 g/mol. The lowest BCUT2D eigenvalue weighted by Crippen LogP contribution is -1.95. The minimum atomic E-state index is -0.329. The van der Waals surface area contributed by atoms with Crippen molar-refractivity contribution in [3.05, 3.63) is 41.2 Å². The van der Waals surface area contributed by atoms with Crippen LogP contribution in [0.2, 0.25) is 0 Å². The van der Waals surface area contributed by atoms with E-state index in [0.29, 0.717) is 12.1 Å². The van der Waals surface area contributed by atoms with Crippen molar-refractivity contribution in [3.8, 4) is 0 Å². The Morgan fingerprint density at radius 1 is 1.43 bits per heavy atom. The monoisotopic (exact) mass is 195 g/mol. The molecule has 14 heavy (non-hydrogen) atoms. The zero-order valence-corrected chi connectivity index (χ0v) is 7.91. The Bertz CT molecular complexity index is 323. The molecule has 1 aromatic rings. The molecule has 0 aliphatic carbocycles. The van der Waals surface area contributed by atoms with Gasteiger partial charge in [0.05, 0.1) is 6.61 Å². The third-order valence-corrected chi connectivity index (χ3v) is 1.91. The van der Waals surface area contributed by atoms with Crippen LogP contribution < -0.4 is 5.73 Å². The summed E-state index contributed by atoms with van der Waals surface area (Å²) in [6, 6.07) is 4.36. The van der Waals surface area contributed by atoms with Crippen LogP contribution in [0.1, 0.15) is 17.5 Å². The fourth-order valence-electron chi connectivity index (χ4n) is 1.18. The van der Waals surface area contributed by atoms with E-state index in [1.807, 2.05) is 12.2 Å². The molecule has 0 fully saturated rings. The molecule has 2 nitrogen and oxygen atoms in total. The van der Waals surface area contributed by atoms with E-state index < -0.39 is 0 Å². The first-order valence-corrected chi connectivity index (χ1v) is 4.54. The van der Waals surface area contributed by atoms with Crippen molar-refractivity contribution in [2.45, 2.75) is 13.0 Å². The highest BCUT2D eigenvalue weighted by Gasteiger charge is 1.99. The van der Waals surface area contributed by atoms with Crippen molar-refractivity contribution in [3.63, 3.8) is 0 Å². The third-order valence-electron chi connectivity index (χ3n) is 1.91. The lowest BCUT2D eigenvalue weighted by atomic mass is 10.1. The molecule has 1 rings (SSSR count). The van der Waals surface area contributed by atoms with Gasteiger partial charge in [0.2, 0.25) is 0 Å². The van der Waals surface area contributed by atoms with E-state index in [4.69, 9.17) is 10.8 Å². The highest BCUT2D eigenvalue weighted by molar-refractivity contribution is 5.53. The molecule has 0 saturated carbocycles. The Kier molecular flexibility index (Phi) is 4.29. The van der Waals surface area contributed by atoms with Gasteiger partial charge in [-0.2, -0.15) is 0 Å². The summed E-state index contributed by atoms with van der Waals surface area (Å²) >= 11 is 0. The Hall–Kier alpha value is -1.19. The molecular formula is C11H14FNO. The maximum absolute atomic E-state index is 12.8. The van der Waals surface area contributed by atoms with Crippen LogP contribution in [-0.4, -0.2) is 11.7 Å². The average molecular weight is 195 g/mol. The van der Waals surface area contributed by atoms with Gasteiger partial charge in [0, 0.05) is 0 Å². The van der Waals surface area contributed by atoms with E-state index in [0.717, 1.165) is 12.0 Å². The van der Waals surface area contributed by atoms with Gasteiger partial charge in [-0.15, -0.1) is 0 Å². The first-order chi connectivity index (χ1) is 6.77. The fourth-order valence-corrected chi connectivity index (χ4v) is 1.18. The number of halogens is 1. The van der Waals surface area contributed by atoms with Crippen LogP contribution in [0.3, 0.4) is 0 Å². The van der Waals surface area contributed by atoms with Crippen LogP contribution in [0.25, 0.3) is 6.08 Å². The topological polar surface area (TPSA) is 46.2 Å². The van der Waals surface area contributed by atoms with Gasteiger partial charge in [-0.1, -0.05) is 18.2 Å². The standard InChI is InChI=1S/C11H14FNO/c12-11-5-4-9(3-1-2-6-13)10(7-11)8-14/h1,3-5,7,14H,2,6,8,13H2. The van der Waals surface area contributed by atoms with Gasteiger partial charge in [0.25, 0.3) is 0 Å². The third kappa shape index (κ3) is 2.94. The smallest absolute Gasteiger partial charge is 0.123 e. The van der Waals surface area contributed by atoms with Crippen LogP contribution in [0, 0.1) is 5.82 Å². The molecule has 0 saturated heterocycles. The first kappa shape index (κ1) is 10.9. The summed E-state index contributed by atoms with van der Waals surface area (Å²) in [7, 11) is 0. The second kappa shape index (κ2) is 5.52. The number of aliphatic hydroxyl groups excluding tert-OH is 1. The number of aliphatic hydroxyl groups is 1. The van der Waals surface area contributed by atoms with Crippen LogP contribution in [-0.2, 0) is 6.61 Å². The Morgan fingerprint density at radius 2 is 2.21 bits per heavy atom. The van der Waals surface area contributed by atoms with E-state index in [-0.39, 0.29) is 12.4 Å². The van der Waals surface area contributed by atoms with Crippen molar-refractivity contribution in [2.24, 2.45) is 5.73 Å². The van der Waals surface area contributed by atoms with Gasteiger partial charge in [-0.05, 0) is 36.2 Å². The largest absolute Gasteiger partial charge is 0.392 e. The normalized spacial score (nSPS) is 11.1. The minimum Gasteiger partial charge on any atom is -0.392 e. The van der Waals surface area contributed by atoms with Crippen molar-refractivity contribution in [1.82, 2.24) is 0 Å². The zero-order valence-electron chi connectivity index (χ0n) is 7.91. The van der Waals surface area contributed by atoms with Crippen LogP contribution in [0.15, 0.2) is 24.3 Å². The number of rotatable bonds is 4. The lowest BCUT2D eigenvalue weighted by molar-refractivity contribution is 0.281. The van der Waals surface area contributed by atoms with Gasteiger partial charge in [0.1, 0.15) is 5.82 Å². The SMILES string of the molecule is NCCC=Cc1ccc(F)cc1CO. The summed E-state index contributed by atoms with van der Waals surface area (Å²) in [4.78, 5) is 0. The molecule has 0 atom stereocenters. The van der Waals surface area contributed by atoms with Gasteiger partial charge in [-0.3, -0.25) is 0 Å². The van der Waals surface area contributed by atoms with E-state index in [2.05, 4.69) is 0 Å². The van der Waals surface area contributed by atoms with Gasteiger partial charge in [-0.25, -0.2) is 4.39 Å². The molecule has 3 heteroatoms. The zero-order chi connectivity index (χ0) is 10.4. The maximum atomic E-state index is 12.8. The van der Waals surface area contributed by atoms with Crippen LogP contribution in [0.4, 0.5) is 4.39 Å². The first-order valence-electron chi connectivity index (χ1n) is 4.54. The van der Waals surface area contributed by atoms with Gasteiger partial charge < -0.3 is 10.8 Å². The molecule has 76 valence electrons. The molecule has 3 N–H and O–H groups in total. The number of benzene rings is 1. The van der Waals surface area contributed by atoms with E-state index in [9.17, 15) is 4.39 Å². The Labute approximate surface area is 82.9 Å². The Morgan fingerprint density at radius 3 is 2.86 bits per heavy atom. The summed E-state index contributed by atoms with van der Waals surface area (Å²) in [5.41, 5.74) is 6.76. The van der Waals surface area contributed by atoms with Crippen LogP contribution in [0.5, 0.6) is 0 Å². The summed E-state index contributed by atoms with van der Waals surface area (Å²) in [5, 5.41) is 8.97. The highest BCUT2D eigenvalue weighted by atomic mass is 19.1. The Balaban J connectivity index is 2.85. The van der Waals surface area contributed by atoms with Crippen molar-refractivity contribution in [1.29, 1.82) is 0 Å². The fraction of sp³-hybridized carbons (Fsp3) is 0.273. The predicted molar refractivity (Wildman–Crippen MR) is 55.0 cm³/mol. The second-order valence-corrected chi connectivity index (χ2v) is 2.98. The van der Waals surface area contributed by atoms with Gasteiger partial charge in [0.15, 0.2) is 0 Å². The van der Waals surface area contributed by atoms with Gasteiger partial charge >= 0.3 is 0 Å². The summed E-state index contributed by atoms with van der Waals surface area (Å²) < 4.78 is 12.8. The molecule has 0 aliphatic rings. The minimum absolute atomic E-state index is 0.153. The molecule has 0 spiro atoms. The maximum Gasteiger partial charge on any atom is 0.123 e. The predicted octanol–water partition coefficient (Wildman–Crippen LogP) is 1.68. The number of nitrogens with two attached hydrogens (primary N) is 1. The van der Waals surface area contributed by atoms with Crippen molar-refractivity contribution >= 4 is 6.08 Å². The number of hydrogen-bond acceptors (Lipinski definition) is 2. The van der Waals surface area contributed by atoms with Crippen LogP contribution >= 0.6 is 0 Å². The average Bonchev–Trinajstić information content (AvgIpc) is 2.20. The molecule has 0 unspecified atom stereocenters. The summed E-state index contributed by atoms with van der Waals surface area (Å²) in [6.45, 7) is 0.437. The molecule has 0 aromatic heterocycles. The molecule has 0 heterocycles. The van der Waals surface area contributed by atoms with E-state index in [1.54, 1.807) is 6.07 Å². The lowest BCUT2D eigenvalue weighted by Gasteiger charge is -2.02. The quantitative estimate of drug-likeness (QED) is 0.767. The van der Waals surface area contributed by atoms with E-state index >= 15 is 0 Å². The second-order valence-electron chi connectivity index (χ2n) is 2.98. The molecule has 1 aromatic carbocycles. The summed E-state index contributed by atoms with van der Waals surface area (Å²) in [5.74, 6) is -0.329. The molecule has 0 amide bonds. The van der Waals surface area contributed by atoms with Crippen molar-refractivity contribution < 1.29 is 9.50 Å².